The average molecular weight is 281 g/mol. The van der Waals surface area contributed by atoms with Crippen molar-refractivity contribution < 1.29 is 0 Å². The molecule has 106 valence electrons. The van der Waals surface area contributed by atoms with Crippen LogP contribution in [0.4, 0.5) is 0 Å². The van der Waals surface area contributed by atoms with Crippen LogP contribution < -0.4 is 5.32 Å². The van der Waals surface area contributed by atoms with E-state index in [2.05, 4.69) is 36.3 Å². The molecule has 1 aliphatic rings. The monoisotopic (exact) mass is 280 g/mol. The van der Waals surface area contributed by atoms with Gasteiger partial charge in [-0.3, -0.25) is 0 Å². The van der Waals surface area contributed by atoms with Crippen LogP contribution in [0.1, 0.15) is 25.3 Å². The quantitative estimate of drug-likeness (QED) is 0.891. The normalized spacial score (nSPS) is 22.4. The molecule has 2 rings (SSSR count). The van der Waals surface area contributed by atoms with Crippen LogP contribution in [0.5, 0.6) is 0 Å². The maximum Gasteiger partial charge on any atom is 0.0406 e. The molecule has 0 amide bonds. The van der Waals surface area contributed by atoms with Gasteiger partial charge in [0.15, 0.2) is 0 Å². The summed E-state index contributed by atoms with van der Waals surface area (Å²) in [5.74, 6) is 0.811. The van der Waals surface area contributed by atoms with Gasteiger partial charge in [-0.2, -0.15) is 0 Å². The summed E-state index contributed by atoms with van der Waals surface area (Å²) in [5.41, 5.74) is 1.38. The zero-order chi connectivity index (χ0) is 13.7. The van der Waals surface area contributed by atoms with E-state index in [1.165, 1.54) is 31.5 Å². The fourth-order valence-corrected chi connectivity index (χ4v) is 3.17. The third-order valence-corrected chi connectivity index (χ3v) is 4.36. The lowest BCUT2D eigenvalue weighted by Gasteiger charge is -2.37. The van der Waals surface area contributed by atoms with Gasteiger partial charge in [0.1, 0.15) is 0 Å². The molecule has 1 aromatic rings. The predicted molar refractivity (Wildman–Crippen MR) is 82.8 cm³/mol. The molecule has 2 atom stereocenters. The second kappa shape index (κ2) is 7.28. The minimum absolute atomic E-state index is 0.612. The van der Waals surface area contributed by atoms with Gasteiger partial charge in [-0.05, 0) is 69.9 Å². The van der Waals surface area contributed by atoms with Crippen LogP contribution in [-0.4, -0.2) is 37.6 Å². The maximum atomic E-state index is 5.93. The molecular weight excluding hydrogens is 256 g/mol. The highest BCUT2D eigenvalue weighted by atomic mass is 35.5. The minimum atomic E-state index is 0.612. The molecule has 0 aromatic heterocycles. The van der Waals surface area contributed by atoms with Crippen molar-refractivity contribution in [1.29, 1.82) is 0 Å². The molecule has 1 fully saturated rings. The molecule has 0 saturated carbocycles. The van der Waals surface area contributed by atoms with Crippen LogP contribution in [0, 0.1) is 5.92 Å². The molecular formula is C16H25ClN2. The summed E-state index contributed by atoms with van der Waals surface area (Å²) >= 11 is 5.93. The van der Waals surface area contributed by atoms with E-state index in [0.717, 1.165) is 23.9 Å². The Balaban J connectivity index is 1.88. The van der Waals surface area contributed by atoms with Gasteiger partial charge in [-0.15, -0.1) is 0 Å². The van der Waals surface area contributed by atoms with Gasteiger partial charge in [0, 0.05) is 17.6 Å². The zero-order valence-corrected chi connectivity index (χ0v) is 12.8. The van der Waals surface area contributed by atoms with Crippen LogP contribution in [0.2, 0.25) is 5.02 Å². The minimum Gasteiger partial charge on any atom is -0.319 e. The molecule has 1 aromatic carbocycles. The van der Waals surface area contributed by atoms with Crippen LogP contribution in [0.3, 0.4) is 0 Å². The standard InChI is InChI=1S/C16H25ClN2/c1-13(10-14-5-7-16(17)8-6-14)19-9-3-4-15(12-19)11-18-2/h5-8,13,15,18H,3-4,9-12H2,1-2H3. The van der Waals surface area contributed by atoms with Gasteiger partial charge in [0.25, 0.3) is 0 Å². The van der Waals surface area contributed by atoms with Gasteiger partial charge in [-0.25, -0.2) is 0 Å². The SMILES string of the molecule is CNCC1CCCN(C(C)Cc2ccc(Cl)cc2)C1. The summed E-state index contributed by atoms with van der Waals surface area (Å²) in [5, 5.41) is 4.13. The molecule has 2 nitrogen and oxygen atoms in total. The molecule has 3 heteroatoms. The number of rotatable bonds is 5. The Kier molecular flexibility index (Phi) is 5.68. The van der Waals surface area contributed by atoms with Crippen molar-refractivity contribution in [2.75, 3.05) is 26.7 Å². The van der Waals surface area contributed by atoms with Crippen molar-refractivity contribution in [1.82, 2.24) is 10.2 Å². The molecule has 2 unspecified atom stereocenters. The van der Waals surface area contributed by atoms with E-state index in [9.17, 15) is 0 Å². The van der Waals surface area contributed by atoms with E-state index < -0.39 is 0 Å². The smallest absolute Gasteiger partial charge is 0.0406 e. The highest BCUT2D eigenvalue weighted by Gasteiger charge is 2.23. The van der Waals surface area contributed by atoms with Crippen molar-refractivity contribution in [2.24, 2.45) is 5.92 Å². The Bertz CT molecular complexity index is 375. The van der Waals surface area contributed by atoms with Crippen LogP contribution >= 0.6 is 11.6 Å². The number of piperidine rings is 1. The molecule has 1 N–H and O–H groups in total. The van der Waals surface area contributed by atoms with Crippen molar-refractivity contribution >= 4 is 11.6 Å². The molecule has 0 aliphatic carbocycles. The summed E-state index contributed by atoms with van der Waals surface area (Å²) in [7, 11) is 2.05. The number of likely N-dealkylation sites (tertiary alicyclic amines) is 1. The molecule has 1 aliphatic heterocycles. The fourth-order valence-electron chi connectivity index (χ4n) is 3.04. The van der Waals surface area contributed by atoms with Gasteiger partial charge < -0.3 is 10.2 Å². The Morgan fingerprint density at radius 1 is 1.37 bits per heavy atom. The first-order valence-electron chi connectivity index (χ1n) is 7.32. The summed E-state index contributed by atoms with van der Waals surface area (Å²) in [4.78, 5) is 2.64. The van der Waals surface area contributed by atoms with Crippen molar-refractivity contribution in [2.45, 2.75) is 32.2 Å². The Morgan fingerprint density at radius 3 is 2.79 bits per heavy atom. The lowest BCUT2D eigenvalue weighted by molar-refractivity contribution is 0.131. The first kappa shape index (κ1) is 14.8. The third-order valence-electron chi connectivity index (χ3n) is 4.11. The second-order valence-electron chi connectivity index (χ2n) is 5.74. The molecule has 19 heavy (non-hydrogen) atoms. The highest BCUT2D eigenvalue weighted by Crippen LogP contribution is 2.20. The van der Waals surface area contributed by atoms with Crippen molar-refractivity contribution in [3.8, 4) is 0 Å². The average Bonchev–Trinajstić information content (AvgIpc) is 2.42. The van der Waals surface area contributed by atoms with Crippen molar-refractivity contribution in [3.63, 3.8) is 0 Å². The Labute approximate surface area is 122 Å². The van der Waals surface area contributed by atoms with E-state index in [1.807, 2.05) is 12.1 Å². The number of nitrogens with zero attached hydrogens (tertiary/aromatic N) is 1. The molecule has 1 saturated heterocycles. The van der Waals surface area contributed by atoms with E-state index in [-0.39, 0.29) is 0 Å². The summed E-state index contributed by atoms with van der Waals surface area (Å²) in [6.07, 6.45) is 3.81. The largest absolute Gasteiger partial charge is 0.319 e. The first-order chi connectivity index (χ1) is 9.19. The van der Waals surface area contributed by atoms with Crippen molar-refractivity contribution in [3.05, 3.63) is 34.9 Å². The summed E-state index contributed by atoms with van der Waals surface area (Å²) < 4.78 is 0. The maximum absolute atomic E-state index is 5.93. The number of nitrogens with one attached hydrogen (secondary N) is 1. The second-order valence-corrected chi connectivity index (χ2v) is 6.18. The van der Waals surface area contributed by atoms with E-state index >= 15 is 0 Å². The number of halogens is 1. The molecule has 0 spiro atoms. The van der Waals surface area contributed by atoms with Crippen LogP contribution in [-0.2, 0) is 6.42 Å². The van der Waals surface area contributed by atoms with E-state index in [1.54, 1.807) is 0 Å². The highest BCUT2D eigenvalue weighted by molar-refractivity contribution is 6.30. The number of hydrogen-bond donors (Lipinski definition) is 1. The lowest BCUT2D eigenvalue weighted by atomic mass is 9.95. The zero-order valence-electron chi connectivity index (χ0n) is 12.0. The Morgan fingerprint density at radius 2 is 2.11 bits per heavy atom. The fraction of sp³-hybridized carbons (Fsp3) is 0.625. The van der Waals surface area contributed by atoms with Gasteiger partial charge in [-0.1, -0.05) is 23.7 Å². The lowest BCUT2D eigenvalue weighted by Crippen LogP contribution is -2.44. The van der Waals surface area contributed by atoms with Gasteiger partial charge in [0.2, 0.25) is 0 Å². The topological polar surface area (TPSA) is 15.3 Å². The predicted octanol–water partition coefficient (Wildman–Crippen LogP) is 3.20. The van der Waals surface area contributed by atoms with Gasteiger partial charge in [0.05, 0.1) is 0 Å². The first-order valence-corrected chi connectivity index (χ1v) is 7.70. The third kappa shape index (κ3) is 4.48. The summed E-state index contributed by atoms with van der Waals surface area (Å²) in [6, 6.07) is 8.88. The van der Waals surface area contributed by atoms with E-state index in [0.29, 0.717) is 6.04 Å². The number of benzene rings is 1. The van der Waals surface area contributed by atoms with Gasteiger partial charge >= 0.3 is 0 Å². The van der Waals surface area contributed by atoms with E-state index in [4.69, 9.17) is 11.6 Å². The Hall–Kier alpha value is -0.570. The molecule has 0 radical (unpaired) electrons. The molecule has 1 heterocycles. The number of hydrogen-bond acceptors (Lipinski definition) is 2. The van der Waals surface area contributed by atoms with Crippen LogP contribution in [0.15, 0.2) is 24.3 Å². The molecule has 0 bridgehead atoms. The van der Waals surface area contributed by atoms with Crippen LogP contribution in [0.25, 0.3) is 0 Å². The summed E-state index contributed by atoms with van der Waals surface area (Å²) in [6.45, 7) is 5.96.